The third-order valence-electron chi connectivity index (χ3n) is 4.36. The van der Waals surface area contributed by atoms with Crippen LogP contribution >= 0.6 is 0 Å². The Labute approximate surface area is 147 Å². The number of methoxy groups -OCH3 is 1. The van der Waals surface area contributed by atoms with Crippen LogP contribution < -0.4 is 9.64 Å². The van der Waals surface area contributed by atoms with E-state index >= 15 is 0 Å². The highest BCUT2D eigenvalue weighted by molar-refractivity contribution is 5.86. The smallest absolute Gasteiger partial charge is 0.437 e. The van der Waals surface area contributed by atoms with Gasteiger partial charge in [0.1, 0.15) is 5.75 Å². The van der Waals surface area contributed by atoms with Crippen LogP contribution in [-0.2, 0) is 6.18 Å². The first kappa shape index (κ1) is 18.1. The van der Waals surface area contributed by atoms with Crippen LogP contribution in [0.1, 0.15) is 40.6 Å². The zero-order valence-electron chi connectivity index (χ0n) is 13.9. The number of carboxylic acid groups (broad SMARTS) is 1. The molecule has 1 aliphatic heterocycles. The van der Waals surface area contributed by atoms with Crippen molar-refractivity contribution in [2.24, 2.45) is 0 Å². The molecule has 1 atom stereocenters. The molecule has 3 rings (SSSR count). The molecule has 1 unspecified atom stereocenters. The minimum atomic E-state index is -4.89. The average molecular weight is 370 g/mol. The van der Waals surface area contributed by atoms with Gasteiger partial charge in [0, 0.05) is 19.0 Å². The second kappa shape index (κ2) is 6.89. The van der Waals surface area contributed by atoms with Crippen LogP contribution in [0, 0.1) is 0 Å². The van der Waals surface area contributed by atoms with E-state index in [-0.39, 0.29) is 11.9 Å². The number of aromatic nitrogens is 1. The van der Waals surface area contributed by atoms with Crippen molar-refractivity contribution in [2.45, 2.75) is 24.9 Å². The predicted molar refractivity (Wildman–Crippen MR) is 85.6 cm³/mol. The van der Waals surface area contributed by atoms with Gasteiger partial charge in [0.05, 0.1) is 7.11 Å². The summed E-state index contributed by atoms with van der Waals surface area (Å²) < 4.78 is 49.0. The predicted octanol–water partition coefficient (Wildman–Crippen LogP) is 3.78. The first-order chi connectivity index (χ1) is 12.3. The number of rotatable bonds is 4. The second-order valence-corrected chi connectivity index (χ2v) is 6.04. The molecule has 1 N–H and O–H groups in total. The zero-order valence-corrected chi connectivity index (χ0v) is 13.9. The van der Waals surface area contributed by atoms with Crippen molar-refractivity contribution in [3.05, 3.63) is 41.3 Å². The van der Waals surface area contributed by atoms with Gasteiger partial charge in [0.2, 0.25) is 5.76 Å². The molecule has 9 heteroatoms. The van der Waals surface area contributed by atoms with E-state index in [1.807, 2.05) is 24.3 Å². The molecule has 26 heavy (non-hydrogen) atoms. The summed E-state index contributed by atoms with van der Waals surface area (Å²) in [5.74, 6) is -2.18. The number of hydrogen-bond donors (Lipinski definition) is 1. The lowest BCUT2D eigenvalue weighted by atomic mass is 9.91. The maximum absolute atomic E-state index is 13.0. The van der Waals surface area contributed by atoms with Crippen molar-refractivity contribution in [3.8, 4) is 5.75 Å². The van der Waals surface area contributed by atoms with Gasteiger partial charge >= 0.3 is 12.1 Å². The zero-order chi connectivity index (χ0) is 18.9. The number of piperidine rings is 1. The molecule has 0 radical (unpaired) electrons. The summed E-state index contributed by atoms with van der Waals surface area (Å²) in [5, 5.41) is 8.96. The van der Waals surface area contributed by atoms with Gasteiger partial charge in [-0.05, 0) is 30.5 Å². The quantitative estimate of drug-likeness (QED) is 0.883. The van der Waals surface area contributed by atoms with E-state index in [0.717, 1.165) is 24.2 Å². The fraction of sp³-hybridized carbons (Fsp3) is 0.412. The summed E-state index contributed by atoms with van der Waals surface area (Å²) in [6.07, 6.45) is -3.30. The first-order valence-electron chi connectivity index (χ1n) is 8.00. The molecule has 1 aromatic heterocycles. The maximum atomic E-state index is 13.0. The Kier molecular flexibility index (Phi) is 4.80. The van der Waals surface area contributed by atoms with E-state index in [9.17, 15) is 18.0 Å². The number of alkyl halides is 3. The third-order valence-corrected chi connectivity index (χ3v) is 4.36. The largest absolute Gasteiger partial charge is 0.497 e. The van der Waals surface area contributed by atoms with Crippen molar-refractivity contribution in [1.82, 2.24) is 4.98 Å². The summed E-state index contributed by atoms with van der Waals surface area (Å²) >= 11 is 0. The van der Waals surface area contributed by atoms with E-state index in [1.54, 1.807) is 12.0 Å². The number of aromatic carboxylic acids is 1. The molecule has 0 bridgehead atoms. The number of anilines is 1. The summed E-state index contributed by atoms with van der Waals surface area (Å²) in [7, 11) is 1.57. The van der Waals surface area contributed by atoms with Gasteiger partial charge in [-0.2, -0.15) is 18.2 Å². The van der Waals surface area contributed by atoms with Gasteiger partial charge in [-0.3, -0.25) is 0 Å². The van der Waals surface area contributed by atoms with Gasteiger partial charge in [-0.15, -0.1) is 0 Å². The SMILES string of the molecule is COc1ccc(C2CCCN(c3nc(C(F)(F)F)c(C(=O)O)o3)C2)cc1. The molecule has 2 aromatic rings. The van der Waals surface area contributed by atoms with Crippen molar-refractivity contribution in [1.29, 1.82) is 0 Å². The highest BCUT2D eigenvalue weighted by Gasteiger charge is 2.42. The van der Waals surface area contributed by atoms with Gasteiger partial charge in [-0.1, -0.05) is 12.1 Å². The Morgan fingerprint density at radius 2 is 2.04 bits per heavy atom. The molecule has 140 valence electrons. The summed E-state index contributed by atoms with van der Waals surface area (Å²) in [6, 6.07) is 7.15. The summed E-state index contributed by atoms with van der Waals surface area (Å²) in [5.41, 5.74) is -0.483. The van der Waals surface area contributed by atoms with Crippen LogP contribution in [0.2, 0.25) is 0 Å². The van der Waals surface area contributed by atoms with Crippen molar-refractivity contribution in [3.63, 3.8) is 0 Å². The van der Waals surface area contributed by atoms with Gasteiger partial charge in [0.25, 0.3) is 6.01 Å². The Balaban J connectivity index is 1.84. The molecule has 0 saturated carbocycles. The van der Waals surface area contributed by atoms with E-state index < -0.39 is 23.6 Å². The molecule has 1 fully saturated rings. The monoisotopic (exact) mass is 370 g/mol. The highest BCUT2D eigenvalue weighted by atomic mass is 19.4. The minimum Gasteiger partial charge on any atom is -0.497 e. The van der Waals surface area contributed by atoms with Gasteiger partial charge in [-0.25, -0.2) is 4.79 Å². The fourth-order valence-corrected chi connectivity index (χ4v) is 3.08. The van der Waals surface area contributed by atoms with Crippen LogP contribution in [0.5, 0.6) is 5.75 Å². The first-order valence-corrected chi connectivity index (χ1v) is 8.00. The fourth-order valence-electron chi connectivity index (χ4n) is 3.08. The van der Waals surface area contributed by atoms with Crippen molar-refractivity contribution >= 4 is 12.0 Å². The molecule has 0 aliphatic carbocycles. The Hall–Kier alpha value is -2.71. The van der Waals surface area contributed by atoms with E-state index in [1.165, 1.54) is 0 Å². The summed E-state index contributed by atoms with van der Waals surface area (Å²) in [4.78, 5) is 16.0. The Morgan fingerprint density at radius 3 is 2.58 bits per heavy atom. The number of carbonyl (C=O) groups is 1. The van der Waals surface area contributed by atoms with Crippen molar-refractivity contribution in [2.75, 3.05) is 25.1 Å². The molecule has 1 saturated heterocycles. The molecule has 1 aromatic carbocycles. The molecular weight excluding hydrogens is 353 g/mol. The maximum Gasteiger partial charge on any atom is 0.437 e. The summed E-state index contributed by atoms with van der Waals surface area (Å²) in [6.45, 7) is 0.840. The number of benzene rings is 1. The molecule has 0 amide bonds. The highest BCUT2D eigenvalue weighted by Crippen LogP contribution is 2.36. The molecule has 0 spiro atoms. The number of ether oxygens (including phenoxy) is 1. The topological polar surface area (TPSA) is 75.8 Å². The van der Waals surface area contributed by atoms with Crippen molar-refractivity contribution < 1.29 is 32.2 Å². The molecule has 1 aliphatic rings. The van der Waals surface area contributed by atoms with E-state index in [0.29, 0.717) is 13.1 Å². The lowest BCUT2D eigenvalue weighted by Gasteiger charge is -2.32. The molecular formula is C17H17F3N2O4. The second-order valence-electron chi connectivity index (χ2n) is 6.04. The lowest BCUT2D eigenvalue weighted by molar-refractivity contribution is -0.141. The number of halogens is 3. The van der Waals surface area contributed by atoms with Crippen LogP contribution in [0.4, 0.5) is 19.2 Å². The number of carboxylic acids is 1. The Bertz CT molecular complexity index is 786. The normalized spacial score (nSPS) is 18.0. The van der Waals surface area contributed by atoms with Gasteiger partial charge < -0.3 is 19.2 Å². The lowest BCUT2D eigenvalue weighted by Crippen LogP contribution is -2.34. The number of oxazole rings is 1. The molecule has 2 heterocycles. The van der Waals surface area contributed by atoms with E-state index in [4.69, 9.17) is 14.3 Å². The molecule has 6 nitrogen and oxygen atoms in total. The van der Waals surface area contributed by atoms with Gasteiger partial charge in [0.15, 0.2) is 5.69 Å². The number of hydrogen-bond acceptors (Lipinski definition) is 5. The average Bonchev–Trinajstić information content (AvgIpc) is 3.08. The van der Waals surface area contributed by atoms with Crippen LogP contribution in [-0.4, -0.2) is 36.3 Å². The van der Waals surface area contributed by atoms with Crippen LogP contribution in [0.3, 0.4) is 0 Å². The van der Waals surface area contributed by atoms with Crippen LogP contribution in [0.25, 0.3) is 0 Å². The Morgan fingerprint density at radius 1 is 1.35 bits per heavy atom. The van der Waals surface area contributed by atoms with E-state index in [2.05, 4.69) is 4.98 Å². The minimum absolute atomic E-state index is 0.0733. The standard InChI is InChI=1S/C17H17F3N2O4/c1-25-12-6-4-10(5-7-12)11-3-2-8-22(9-11)16-21-14(17(18,19)20)13(26-16)15(23)24/h4-7,11H,2-3,8-9H2,1H3,(H,23,24). The third kappa shape index (κ3) is 3.61. The van der Waals surface area contributed by atoms with Crippen LogP contribution in [0.15, 0.2) is 28.7 Å². The number of nitrogens with zero attached hydrogens (tertiary/aromatic N) is 2.